The lowest BCUT2D eigenvalue weighted by Gasteiger charge is -2.12. The summed E-state index contributed by atoms with van der Waals surface area (Å²) in [4.78, 5) is 0. The Hall–Kier alpha value is -4.22. The molecule has 43 heavy (non-hydrogen) atoms. The van der Waals surface area contributed by atoms with Gasteiger partial charge in [-0.15, -0.1) is 4.51 Å². The van der Waals surface area contributed by atoms with Crippen LogP contribution >= 0.6 is 33.6 Å². The summed E-state index contributed by atoms with van der Waals surface area (Å²) in [7, 11) is 0.573. The second-order valence-corrected chi connectivity index (χ2v) is 15.7. The second kappa shape index (κ2) is 10.2. The van der Waals surface area contributed by atoms with Crippen LogP contribution in [-0.4, -0.2) is 18.0 Å². The van der Waals surface area contributed by atoms with Gasteiger partial charge in [0.15, 0.2) is 0 Å². The van der Waals surface area contributed by atoms with E-state index >= 15 is 0 Å². The number of fused-ring (bicyclic) bond motifs is 8. The number of hydrogen-bond acceptors (Lipinski definition) is 2. The highest BCUT2D eigenvalue weighted by atomic mass is 31.2. The van der Waals surface area contributed by atoms with Crippen LogP contribution in [0.3, 0.4) is 0 Å². The fourth-order valence-corrected chi connectivity index (χ4v) is 10.7. The summed E-state index contributed by atoms with van der Waals surface area (Å²) in [5.74, 6) is 0.855. The molecule has 0 spiro atoms. The van der Waals surface area contributed by atoms with Crippen molar-refractivity contribution >= 4 is 109 Å². The highest BCUT2D eigenvalue weighted by Crippen LogP contribution is 2.38. The second-order valence-electron chi connectivity index (χ2n) is 10.8. The lowest BCUT2D eigenvalue weighted by atomic mass is 9.93. The number of hydrogen-bond donors (Lipinski definition) is 3. The number of H-pyrrole nitrogens is 3. The molecule has 5 nitrogen and oxygen atoms in total. The van der Waals surface area contributed by atoms with E-state index in [9.17, 15) is 0 Å². The van der Waals surface area contributed by atoms with Crippen LogP contribution in [-0.2, 0) is 0 Å². The maximum Gasteiger partial charge on any atom is 0.263 e. The molecule has 206 valence electrons. The van der Waals surface area contributed by atoms with Gasteiger partial charge in [-0.2, -0.15) is 0 Å². The first-order chi connectivity index (χ1) is 21.2. The van der Waals surface area contributed by atoms with Crippen molar-refractivity contribution in [1.29, 1.82) is 0 Å². The molecule has 9 heteroatoms. The highest BCUT2D eigenvalue weighted by Gasteiger charge is 2.10. The van der Waals surface area contributed by atoms with Gasteiger partial charge in [0.2, 0.25) is 0 Å². The predicted octanol–water partition coefficient (Wildman–Crippen LogP) is 11.9. The van der Waals surface area contributed by atoms with E-state index in [1.54, 1.807) is 0 Å². The minimum absolute atomic E-state index is 0.401. The van der Waals surface area contributed by atoms with Gasteiger partial charge in [-0.1, -0.05) is 48.5 Å². The molecule has 0 amide bonds. The van der Waals surface area contributed by atoms with E-state index in [4.69, 9.17) is 4.52 Å². The van der Waals surface area contributed by atoms with Crippen molar-refractivity contribution in [3.8, 4) is 5.75 Å². The zero-order chi connectivity index (χ0) is 28.3. The maximum absolute atomic E-state index is 6.43. The molecule has 0 bridgehead atoms. The smallest absolute Gasteiger partial charge is 0.263 e. The molecular weight excluding hydrogens is 604 g/mol. The van der Waals surface area contributed by atoms with Crippen LogP contribution in [0.1, 0.15) is 0 Å². The summed E-state index contributed by atoms with van der Waals surface area (Å²) < 4.78 is 21.1. The predicted molar refractivity (Wildman–Crippen MR) is 192 cm³/mol. The van der Waals surface area contributed by atoms with Crippen molar-refractivity contribution in [2.24, 2.45) is 0 Å². The van der Waals surface area contributed by atoms with Crippen LogP contribution in [0.25, 0.3) is 75.4 Å². The zero-order valence-electron chi connectivity index (χ0n) is 22.7. The monoisotopic (exact) mass is 628 g/mol. The van der Waals surface area contributed by atoms with Gasteiger partial charge in [0.1, 0.15) is 14.3 Å². The van der Waals surface area contributed by atoms with E-state index in [1.165, 1.54) is 64.6 Å². The van der Waals surface area contributed by atoms with Gasteiger partial charge >= 0.3 is 0 Å². The minimum Gasteiger partial charge on any atom is -0.416 e. The molecule has 9 rings (SSSR count). The van der Waals surface area contributed by atoms with Gasteiger partial charge in [0.05, 0.1) is 0 Å². The standard InChI is InChI=1S/C34H24N4OP4/c1-2-5-21-11-26-16-29-17-31-24(14-28(29)15-25(26)10-20(21)4-1)9-8-23-13-27-12-22-6-3-7-34(33(22)19-30(27)18-32(23)31)39-43-37-41-35-40-36-42-38-43/h1-19,35,37,40-41H,(H,36,38). The lowest BCUT2D eigenvalue weighted by Crippen LogP contribution is -1.86. The van der Waals surface area contributed by atoms with Gasteiger partial charge in [0, 0.05) is 22.4 Å². The molecule has 1 heterocycles. The largest absolute Gasteiger partial charge is 0.416 e. The summed E-state index contributed by atoms with van der Waals surface area (Å²) in [6.45, 7) is 0. The van der Waals surface area contributed by atoms with Crippen LogP contribution in [0.4, 0.5) is 0 Å². The van der Waals surface area contributed by atoms with Crippen molar-refractivity contribution in [2.45, 2.75) is 0 Å². The molecule has 0 saturated carbocycles. The summed E-state index contributed by atoms with van der Waals surface area (Å²) in [6.07, 6.45) is 0. The molecule has 0 aliphatic heterocycles. The molecule has 0 aliphatic carbocycles. The van der Waals surface area contributed by atoms with Gasteiger partial charge in [-0.05, 0) is 137 Å². The van der Waals surface area contributed by atoms with Crippen molar-refractivity contribution in [1.82, 2.24) is 18.0 Å². The lowest BCUT2D eigenvalue weighted by molar-refractivity contribution is 0.632. The third-order valence-corrected chi connectivity index (χ3v) is 12.7. The molecule has 3 N–H and O–H groups in total. The number of aromatic nitrogens is 4. The molecule has 3 atom stereocenters. The number of nitrogens with one attached hydrogen (secondary N) is 3. The van der Waals surface area contributed by atoms with E-state index in [1.807, 2.05) is 6.07 Å². The van der Waals surface area contributed by atoms with E-state index in [0.29, 0.717) is 17.0 Å². The zero-order valence-corrected chi connectivity index (χ0v) is 26.5. The number of nitrogens with zero attached hydrogens (tertiary/aromatic N) is 1. The fraction of sp³-hybridized carbons (Fsp3) is 0. The Morgan fingerprint density at radius 3 is 1.70 bits per heavy atom. The molecule has 0 saturated heterocycles. The van der Waals surface area contributed by atoms with Crippen LogP contribution in [0.2, 0.25) is 0 Å². The molecule has 8 aromatic carbocycles. The quantitative estimate of drug-likeness (QED) is 0.132. The summed E-state index contributed by atoms with van der Waals surface area (Å²) in [6, 6.07) is 42.6. The summed E-state index contributed by atoms with van der Waals surface area (Å²) in [5.41, 5.74) is 0. The van der Waals surface area contributed by atoms with Crippen LogP contribution in [0, 0.1) is 0 Å². The van der Waals surface area contributed by atoms with Crippen molar-refractivity contribution in [3.63, 3.8) is 0 Å². The number of benzene rings is 8. The van der Waals surface area contributed by atoms with Gasteiger partial charge in [-0.3, -0.25) is 4.51 Å². The Balaban J connectivity index is 1.24. The Bertz CT molecular complexity index is 2610. The van der Waals surface area contributed by atoms with Crippen LogP contribution in [0.15, 0.2) is 115 Å². The van der Waals surface area contributed by atoms with Crippen molar-refractivity contribution in [2.75, 3.05) is 0 Å². The maximum atomic E-state index is 6.43. The normalized spacial score (nSPS) is 12.7. The number of aromatic amines is 3. The average Bonchev–Trinajstić information content (AvgIpc) is 3.01. The first-order valence-corrected chi connectivity index (χ1v) is 18.0. The van der Waals surface area contributed by atoms with Crippen LogP contribution in [0.5, 0.6) is 5.75 Å². The van der Waals surface area contributed by atoms with Crippen molar-refractivity contribution < 1.29 is 4.52 Å². The molecule has 1 aromatic heterocycles. The van der Waals surface area contributed by atoms with Gasteiger partial charge in [0.25, 0.3) is 8.08 Å². The minimum atomic E-state index is -1.15. The van der Waals surface area contributed by atoms with E-state index in [-0.39, 0.29) is 0 Å². The summed E-state index contributed by atoms with van der Waals surface area (Å²) in [5, 5.41) is 17.4. The number of rotatable bonds is 2. The van der Waals surface area contributed by atoms with Crippen molar-refractivity contribution in [3.05, 3.63) is 115 Å². The first kappa shape index (κ1) is 25.3. The van der Waals surface area contributed by atoms with Crippen LogP contribution < -0.4 is 4.52 Å². The molecule has 0 radical (unpaired) electrons. The van der Waals surface area contributed by atoms with E-state index < -0.39 is 8.08 Å². The van der Waals surface area contributed by atoms with Gasteiger partial charge < -0.3 is 13.5 Å². The molecule has 3 unspecified atom stereocenters. The first-order valence-electron chi connectivity index (χ1n) is 14.0. The SMILES string of the molecule is c1ccc2cc3cc4cc5c(ccc6cc7cc8cccc(Op9np[nH][pH][nH][pH][nH]9)c8cc7cc65)cc4cc3cc2c1. The van der Waals surface area contributed by atoms with E-state index in [2.05, 4.69) is 127 Å². The third-order valence-electron chi connectivity index (χ3n) is 8.22. The molecule has 0 fully saturated rings. The average molecular weight is 628 g/mol. The fourth-order valence-electron chi connectivity index (χ4n) is 6.21. The third kappa shape index (κ3) is 4.49. The molecular formula is C34H24N4OP4. The Kier molecular flexibility index (Phi) is 6.00. The van der Waals surface area contributed by atoms with Gasteiger partial charge in [-0.25, -0.2) is 0 Å². The topological polar surface area (TPSA) is 69.5 Å². The molecule has 9 aromatic rings. The summed E-state index contributed by atoms with van der Waals surface area (Å²) >= 11 is 0. The Morgan fingerprint density at radius 1 is 0.512 bits per heavy atom. The molecule has 0 aliphatic rings. The Labute approximate surface area is 251 Å². The van der Waals surface area contributed by atoms with E-state index in [0.717, 1.165) is 25.0 Å². The highest BCUT2D eigenvalue weighted by molar-refractivity contribution is 7.49. The Morgan fingerprint density at radius 2 is 1.02 bits per heavy atom.